The SMILES string of the molecule is COC(=O)c1nnc(-c2cc(Br)ccc2F)o1. The first kappa shape index (κ1) is 11.7. The molecular formula is C10H6BrFN2O3. The minimum Gasteiger partial charge on any atom is -0.462 e. The van der Waals surface area contributed by atoms with Crippen LogP contribution in [0, 0.1) is 5.82 Å². The normalized spacial score (nSPS) is 10.3. The van der Waals surface area contributed by atoms with Gasteiger partial charge in [-0.2, -0.15) is 0 Å². The summed E-state index contributed by atoms with van der Waals surface area (Å²) in [4.78, 5) is 11.1. The summed E-state index contributed by atoms with van der Waals surface area (Å²) in [7, 11) is 1.19. The molecule has 0 bridgehead atoms. The van der Waals surface area contributed by atoms with Gasteiger partial charge in [0.1, 0.15) is 5.82 Å². The summed E-state index contributed by atoms with van der Waals surface area (Å²) in [5.41, 5.74) is 0.113. The Morgan fingerprint density at radius 1 is 1.47 bits per heavy atom. The summed E-state index contributed by atoms with van der Waals surface area (Å²) in [6.45, 7) is 0. The maximum atomic E-state index is 13.5. The van der Waals surface area contributed by atoms with E-state index in [4.69, 9.17) is 4.42 Å². The first-order chi connectivity index (χ1) is 8.11. The van der Waals surface area contributed by atoms with Gasteiger partial charge in [-0.05, 0) is 18.2 Å². The lowest BCUT2D eigenvalue weighted by atomic mass is 10.2. The van der Waals surface area contributed by atoms with Crippen LogP contribution in [0.5, 0.6) is 0 Å². The molecule has 0 radical (unpaired) electrons. The lowest BCUT2D eigenvalue weighted by Gasteiger charge is -1.97. The maximum absolute atomic E-state index is 13.5. The number of carbonyl (C=O) groups is 1. The van der Waals surface area contributed by atoms with Crippen molar-refractivity contribution in [1.82, 2.24) is 10.2 Å². The van der Waals surface area contributed by atoms with Gasteiger partial charge >= 0.3 is 11.9 Å². The molecule has 17 heavy (non-hydrogen) atoms. The summed E-state index contributed by atoms with van der Waals surface area (Å²) < 4.78 is 23.5. The second-order valence-electron chi connectivity index (χ2n) is 3.03. The highest BCUT2D eigenvalue weighted by atomic mass is 79.9. The largest absolute Gasteiger partial charge is 0.462 e. The minimum atomic E-state index is -0.765. The van der Waals surface area contributed by atoms with Gasteiger partial charge < -0.3 is 9.15 Å². The zero-order chi connectivity index (χ0) is 12.4. The standard InChI is InChI=1S/C10H6BrFN2O3/c1-16-10(15)9-14-13-8(17-9)6-4-5(11)2-3-7(6)12/h2-4H,1H3. The summed E-state index contributed by atoms with van der Waals surface area (Å²) in [6.07, 6.45) is 0. The predicted molar refractivity (Wildman–Crippen MR) is 58.7 cm³/mol. The number of ether oxygens (including phenoxy) is 1. The van der Waals surface area contributed by atoms with Gasteiger partial charge in [-0.1, -0.05) is 15.9 Å². The molecule has 7 heteroatoms. The van der Waals surface area contributed by atoms with Crippen LogP contribution >= 0.6 is 15.9 Å². The minimum absolute atomic E-state index is 0.0794. The number of benzene rings is 1. The quantitative estimate of drug-likeness (QED) is 0.797. The van der Waals surface area contributed by atoms with Gasteiger partial charge in [-0.25, -0.2) is 9.18 Å². The van der Waals surface area contributed by atoms with E-state index in [1.807, 2.05) is 0 Å². The molecule has 0 aliphatic carbocycles. The second kappa shape index (κ2) is 4.62. The van der Waals surface area contributed by atoms with Crippen molar-refractivity contribution in [2.75, 3.05) is 7.11 Å². The third kappa shape index (κ3) is 2.33. The molecular weight excluding hydrogens is 295 g/mol. The Bertz CT molecular complexity index is 570. The maximum Gasteiger partial charge on any atom is 0.396 e. The van der Waals surface area contributed by atoms with Crippen LogP contribution in [0.1, 0.15) is 10.7 Å². The van der Waals surface area contributed by atoms with Gasteiger partial charge in [0.05, 0.1) is 12.7 Å². The van der Waals surface area contributed by atoms with E-state index >= 15 is 0 Å². The molecule has 2 rings (SSSR count). The van der Waals surface area contributed by atoms with Gasteiger partial charge in [0, 0.05) is 4.47 Å². The highest BCUT2D eigenvalue weighted by Gasteiger charge is 2.18. The zero-order valence-electron chi connectivity index (χ0n) is 8.61. The van der Waals surface area contributed by atoms with E-state index in [-0.39, 0.29) is 17.3 Å². The fraction of sp³-hybridized carbons (Fsp3) is 0.100. The van der Waals surface area contributed by atoms with Crippen molar-refractivity contribution in [3.05, 3.63) is 34.4 Å². The van der Waals surface area contributed by atoms with Crippen LogP contribution in [0.25, 0.3) is 11.5 Å². The lowest BCUT2D eigenvalue weighted by molar-refractivity contribution is 0.0556. The molecule has 1 heterocycles. The number of hydrogen-bond acceptors (Lipinski definition) is 5. The summed E-state index contributed by atoms with van der Waals surface area (Å²) >= 11 is 3.19. The van der Waals surface area contributed by atoms with Crippen molar-refractivity contribution in [2.45, 2.75) is 0 Å². The molecule has 0 saturated carbocycles. The predicted octanol–water partition coefficient (Wildman–Crippen LogP) is 2.42. The van der Waals surface area contributed by atoms with E-state index in [2.05, 4.69) is 30.9 Å². The van der Waals surface area contributed by atoms with E-state index in [1.54, 1.807) is 0 Å². The van der Waals surface area contributed by atoms with Gasteiger partial charge in [-0.15, -0.1) is 10.2 Å². The first-order valence-electron chi connectivity index (χ1n) is 4.49. The number of esters is 1. The molecule has 0 fully saturated rings. The molecule has 1 aromatic carbocycles. The highest BCUT2D eigenvalue weighted by Crippen LogP contribution is 2.25. The Balaban J connectivity index is 2.43. The average molecular weight is 301 g/mol. The monoisotopic (exact) mass is 300 g/mol. The Morgan fingerprint density at radius 3 is 2.94 bits per heavy atom. The average Bonchev–Trinajstić information content (AvgIpc) is 2.80. The first-order valence-corrected chi connectivity index (χ1v) is 5.28. The van der Waals surface area contributed by atoms with Crippen LogP contribution in [0.15, 0.2) is 27.1 Å². The van der Waals surface area contributed by atoms with Crippen molar-refractivity contribution in [2.24, 2.45) is 0 Å². The summed E-state index contributed by atoms with van der Waals surface area (Å²) in [6, 6.07) is 4.27. The Kier molecular flexibility index (Phi) is 3.19. The van der Waals surface area contributed by atoms with E-state index in [0.717, 1.165) is 0 Å². The van der Waals surface area contributed by atoms with Gasteiger partial charge in [0.15, 0.2) is 0 Å². The number of hydrogen-bond donors (Lipinski definition) is 0. The number of rotatable bonds is 2. The number of methoxy groups -OCH3 is 1. The fourth-order valence-corrected chi connectivity index (χ4v) is 1.52. The van der Waals surface area contributed by atoms with Crippen LogP contribution < -0.4 is 0 Å². The molecule has 0 aliphatic rings. The molecule has 0 spiro atoms. The van der Waals surface area contributed by atoms with E-state index < -0.39 is 11.8 Å². The molecule has 0 N–H and O–H groups in total. The van der Waals surface area contributed by atoms with Crippen molar-refractivity contribution in [3.63, 3.8) is 0 Å². The molecule has 0 unspecified atom stereocenters. The second-order valence-corrected chi connectivity index (χ2v) is 3.94. The lowest BCUT2D eigenvalue weighted by Crippen LogP contribution is -2.00. The Labute approximate surface area is 104 Å². The highest BCUT2D eigenvalue weighted by molar-refractivity contribution is 9.10. The van der Waals surface area contributed by atoms with Crippen molar-refractivity contribution in [3.8, 4) is 11.5 Å². The summed E-state index contributed by atoms with van der Waals surface area (Å²) in [5.74, 6) is -1.68. The van der Waals surface area contributed by atoms with Gasteiger partial charge in [0.25, 0.3) is 5.89 Å². The van der Waals surface area contributed by atoms with Crippen molar-refractivity contribution >= 4 is 21.9 Å². The Hall–Kier alpha value is -1.76. The van der Waals surface area contributed by atoms with Crippen molar-refractivity contribution < 1.29 is 18.3 Å². The number of halogens is 2. The molecule has 5 nitrogen and oxygen atoms in total. The van der Waals surface area contributed by atoms with E-state index in [0.29, 0.717) is 4.47 Å². The smallest absolute Gasteiger partial charge is 0.396 e. The number of nitrogens with zero attached hydrogens (tertiary/aromatic N) is 2. The number of carbonyl (C=O) groups excluding carboxylic acids is 1. The topological polar surface area (TPSA) is 65.2 Å². The van der Waals surface area contributed by atoms with Crippen LogP contribution in [-0.4, -0.2) is 23.3 Å². The van der Waals surface area contributed by atoms with Crippen LogP contribution in [-0.2, 0) is 4.74 Å². The van der Waals surface area contributed by atoms with Crippen molar-refractivity contribution in [1.29, 1.82) is 0 Å². The fourth-order valence-electron chi connectivity index (χ4n) is 1.16. The summed E-state index contributed by atoms with van der Waals surface area (Å²) in [5, 5.41) is 7.04. The van der Waals surface area contributed by atoms with Crippen LogP contribution in [0.3, 0.4) is 0 Å². The van der Waals surface area contributed by atoms with E-state index in [9.17, 15) is 9.18 Å². The molecule has 0 atom stereocenters. The third-order valence-electron chi connectivity index (χ3n) is 1.94. The molecule has 0 aliphatic heterocycles. The molecule has 0 amide bonds. The Morgan fingerprint density at radius 2 is 2.24 bits per heavy atom. The van der Waals surface area contributed by atoms with Crippen LogP contribution in [0.2, 0.25) is 0 Å². The molecule has 1 aromatic heterocycles. The van der Waals surface area contributed by atoms with E-state index in [1.165, 1.54) is 25.3 Å². The zero-order valence-corrected chi connectivity index (χ0v) is 10.2. The van der Waals surface area contributed by atoms with Gasteiger partial charge in [0.2, 0.25) is 0 Å². The van der Waals surface area contributed by atoms with Crippen LogP contribution in [0.4, 0.5) is 4.39 Å². The molecule has 88 valence electrons. The third-order valence-corrected chi connectivity index (χ3v) is 2.44. The number of aromatic nitrogens is 2. The molecule has 0 saturated heterocycles. The van der Waals surface area contributed by atoms with Gasteiger partial charge in [-0.3, -0.25) is 0 Å². The molecule has 2 aromatic rings.